The number of urea groups is 1. The Labute approximate surface area is 189 Å². The lowest BCUT2D eigenvalue weighted by atomic mass is 9.50. The zero-order valence-electron chi connectivity index (χ0n) is 18.5. The minimum Gasteiger partial charge on any atom is -0.497 e. The number of ether oxygens (including phenoxy) is 1. The Morgan fingerprint density at radius 2 is 1.69 bits per heavy atom. The highest BCUT2D eigenvalue weighted by Gasteiger charge is 2.53. The molecule has 2 aliphatic carbocycles. The van der Waals surface area contributed by atoms with Gasteiger partial charge in [-0.25, -0.2) is 4.79 Å². The van der Waals surface area contributed by atoms with Gasteiger partial charge in [-0.3, -0.25) is 4.18 Å². The predicted octanol–water partition coefficient (Wildman–Crippen LogP) is 3.77. The molecule has 0 saturated heterocycles. The Kier molecular flexibility index (Phi) is 6.44. The number of carbonyl (C=O) groups excluding carboxylic acids is 1. The molecule has 2 aromatic rings. The molecule has 0 bridgehead atoms. The SMILES string of the molecule is COc1ccc(CNC(=O)NC2CC3(CC(COS(=O)(=O)c4ccc(C)cc4)C3)C2)cc1. The fraction of sp³-hybridized carbons (Fsp3) is 0.458. The lowest BCUT2D eigenvalue weighted by molar-refractivity contribution is -0.0594. The van der Waals surface area contributed by atoms with Gasteiger partial charge in [-0.15, -0.1) is 0 Å². The molecular formula is C24H30N2O5S. The molecule has 2 aliphatic rings. The monoisotopic (exact) mass is 458 g/mol. The van der Waals surface area contributed by atoms with Gasteiger partial charge in [0.05, 0.1) is 18.6 Å². The summed E-state index contributed by atoms with van der Waals surface area (Å²) in [6.07, 6.45) is 3.76. The summed E-state index contributed by atoms with van der Waals surface area (Å²) in [5.74, 6) is 1.04. The van der Waals surface area contributed by atoms with E-state index in [4.69, 9.17) is 8.92 Å². The Morgan fingerprint density at radius 1 is 1.03 bits per heavy atom. The molecule has 32 heavy (non-hydrogen) atoms. The second-order valence-electron chi connectivity index (χ2n) is 9.11. The van der Waals surface area contributed by atoms with Crippen molar-refractivity contribution in [2.75, 3.05) is 13.7 Å². The molecule has 1 spiro atoms. The first kappa shape index (κ1) is 22.6. The van der Waals surface area contributed by atoms with Crippen LogP contribution in [0, 0.1) is 18.3 Å². The van der Waals surface area contributed by atoms with E-state index in [1.165, 1.54) is 0 Å². The molecule has 172 valence electrons. The van der Waals surface area contributed by atoms with E-state index in [0.29, 0.717) is 6.54 Å². The third-order valence-corrected chi connectivity index (χ3v) is 7.81. The maximum Gasteiger partial charge on any atom is 0.315 e. The quantitative estimate of drug-likeness (QED) is 0.588. The highest BCUT2D eigenvalue weighted by Crippen LogP contribution is 2.58. The van der Waals surface area contributed by atoms with Gasteiger partial charge in [0.2, 0.25) is 0 Å². The fourth-order valence-corrected chi connectivity index (χ4v) is 5.80. The van der Waals surface area contributed by atoms with Crippen LogP contribution in [0.15, 0.2) is 53.4 Å². The molecule has 0 atom stereocenters. The summed E-state index contributed by atoms with van der Waals surface area (Å²) in [7, 11) is -2.08. The summed E-state index contributed by atoms with van der Waals surface area (Å²) in [5.41, 5.74) is 2.25. The van der Waals surface area contributed by atoms with Gasteiger partial charge in [-0.05, 0) is 73.8 Å². The number of hydrogen-bond acceptors (Lipinski definition) is 5. The lowest BCUT2D eigenvalue weighted by Gasteiger charge is -2.57. The summed E-state index contributed by atoms with van der Waals surface area (Å²) in [4.78, 5) is 12.4. The second-order valence-corrected chi connectivity index (χ2v) is 10.7. The minimum absolute atomic E-state index is 0.163. The molecule has 0 unspecified atom stereocenters. The zero-order chi connectivity index (χ0) is 22.8. The van der Waals surface area contributed by atoms with Gasteiger partial charge in [0, 0.05) is 12.6 Å². The third-order valence-electron chi connectivity index (χ3n) is 6.52. The number of carbonyl (C=O) groups is 1. The molecule has 2 fully saturated rings. The average molecular weight is 459 g/mol. The van der Waals surface area contributed by atoms with Crippen molar-refractivity contribution in [2.45, 2.75) is 50.1 Å². The van der Waals surface area contributed by atoms with Crippen LogP contribution in [0.3, 0.4) is 0 Å². The number of amides is 2. The summed E-state index contributed by atoms with van der Waals surface area (Å²) in [5, 5.41) is 5.91. The van der Waals surface area contributed by atoms with Crippen molar-refractivity contribution in [2.24, 2.45) is 11.3 Å². The molecule has 2 saturated carbocycles. The van der Waals surface area contributed by atoms with Gasteiger partial charge in [0.25, 0.3) is 10.1 Å². The van der Waals surface area contributed by atoms with E-state index in [2.05, 4.69) is 10.6 Å². The van der Waals surface area contributed by atoms with E-state index in [1.54, 1.807) is 31.4 Å². The molecule has 7 nitrogen and oxygen atoms in total. The van der Waals surface area contributed by atoms with Crippen LogP contribution in [0.4, 0.5) is 4.79 Å². The standard InChI is InChI=1S/C24H30N2O5S/c1-17-3-9-22(10-4-17)32(28,29)31-16-19-11-24(12-19)13-20(14-24)26-23(27)25-15-18-5-7-21(30-2)8-6-18/h3-10,19-20H,11-16H2,1-2H3,(H2,25,26,27). The molecule has 2 N–H and O–H groups in total. The van der Waals surface area contributed by atoms with Crippen LogP contribution < -0.4 is 15.4 Å². The van der Waals surface area contributed by atoms with E-state index in [-0.39, 0.29) is 34.9 Å². The first-order chi connectivity index (χ1) is 15.3. The summed E-state index contributed by atoms with van der Waals surface area (Å²) < 4.78 is 35.1. The van der Waals surface area contributed by atoms with Crippen LogP contribution in [0.5, 0.6) is 5.75 Å². The maximum absolute atomic E-state index is 12.3. The van der Waals surface area contributed by atoms with Gasteiger partial charge in [0.15, 0.2) is 0 Å². The Bertz CT molecular complexity index is 1040. The average Bonchev–Trinajstić information content (AvgIpc) is 2.73. The van der Waals surface area contributed by atoms with Crippen LogP contribution in [0.25, 0.3) is 0 Å². The largest absolute Gasteiger partial charge is 0.497 e. The van der Waals surface area contributed by atoms with Crippen molar-refractivity contribution in [3.8, 4) is 5.75 Å². The first-order valence-electron chi connectivity index (χ1n) is 10.9. The summed E-state index contributed by atoms with van der Waals surface area (Å²) in [6, 6.07) is 14.3. The lowest BCUT2D eigenvalue weighted by Crippen LogP contribution is -2.58. The Morgan fingerprint density at radius 3 is 2.31 bits per heavy atom. The van der Waals surface area contributed by atoms with Gasteiger partial charge >= 0.3 is 6.03 Å². The van der Waals surface area contributed by atoms with Crippen LogP contribution in [0.2, 0.25) is 0 Å². The molecule has 0 radical (unpaired) electrons. The zero-order valence-corrected chi connectivity index (χ0v) is 19.3. The number of hydrogen-bond donors (Lipinski definition) is 2. The third kappa shape index (κ3) is 5.24. The van der Waals surface area contributed by atoms with Crippen LogP contribution in [-0.2, 0) is 20.8 Å². The van der Waals surface area contributed by atoms with E-state index >= 15 is 0 Å². The normalized spacial score (nSPS) is 24.3. The van der Waals surface area contributed by atoms with Gasteiger partial charge in [-0.2, -0.15) is 8.42 Å². The smallest absolute Gasteiger partial charge is 0.315 e. The molecule has 0 aliphatic heterocycles. The van der Waals surface area contributed by atoms with Gasteiger partial charge in [-0.1, -0.05) is 29.8 Å². The van der Waals surface area contributed by atoms with E-state index < -0.39 is 10.1 Å². The van der Waals surface area contributed by atoms with Crippen LogP contribution >= 0.6 is 0 Å². The van der Waals surface area contributed by atoms with Crippen LogP contribution in [0.1, 0.15) is 36.8 Å². The number of aryl methyl sites for hydroxylation is 1. The van der Waals surface area contributed by atoms with Gasteiger partial charge < -0.3 is 15.4 Å². The van der Waals surface area contributed by atoms with Crippen molar-refractivity contribution in [3.05, 3.63) is 59.7 Å². The molecule has 2 aromatic carbocycles. The van der Waals surface area contributed by atoms with E-state index in [0.717, 1.165) is 42.6 Å². The van der Waals surface area contributed by atoms with Crippen molar-refractivity contribution >= 4 is 16.1 Å². The van der Waals surface area contributed by atoms with Crippen molar-refractivity contribution < 1.29 is 22.1 Å². The van der Waals surface area contributed by atoms with Crippen molar-refractivity contribution in [3.63, 3.8) is 0 Å². The highest BCUT2D eigenvalue weighted by atomic mass is 32.2. The van der Waals surface area contributed by atoms with E-state index in [1.807, 2.05) is 31.2 Å². The fourth-order valence-electron chi connectivity index (χ4n) is 4.82. The van der Waals surface area contributed by atoms with Crippen LogP contribution in [-0.4, -0.2) is 34.2 Å². The first-order valence-corrected chi connectivity index (χ1v) is 12.3. The summed E-state index contributed by atoms with van der Waals surface area (Å²) >= 11 is 0. The number of benzene rings is 2. The molecule has 8 heteroatoms. The van der Waals surface area contributed by atoms with Crippen molar-refractivity contribution in [1.29, 1.82) is 0 Å². The Balaban J connectivity index is 1.13. The topological polar surface area (TPSA) is 93.7 Å². The molecule has 0 aromatic heterocycles. The second kappa shape index (κ2) is 9.11. The molecular weight excluding hydrogens is 428 g/mol. The Hall–Kier alpha value is -2.58. The number of rotatable bonds is 8. The molecule has 0 heterocycles. The van der Waals surface area contributed by atoms with Gasteiger partial charge in [0.1, 0.15) is 5.75 Å². The minimum atomic E-state index is -3.71. The molecule has 4 rings (SSSR count). The number of methoxy groups -OCH3 is 1. The molecule has 2 amide bonds. The van der Waals surface area contributed by atoms with Crippen molar-refractivity contribution in [1.82, 2.24) is 10.6 Å². The predicted molar refractivity (Wildman–Crippen MR) is 121 cm³/mol. The maximum atomic E-state index is 12.3. The van der Waals surface area contributed by atoms with E-state index in [9.17, 15) is 13.2 Å². The highest BCUT2D eigenvalue weighted by molar-refractivity contribution is 7.86. The number of nitrogens with one attached hydrogen (secondary N) is 2. The summed E-state index contributed by atoms with van der Waals surface area (Å²) in [6.45, 7) is 2.59.